The predicted molar refractivity (Wildman–Crippen MR) is 102 cm³/mol. The van der Waals surface area contributed by atoms with E-state index in [1.165, 1.54) is 0 Å². The zero-order valence-electron chi connectivity index (χ0n) is 12.0. The molecule has 0 aliphatic carbocycles. The Labute approximate surface area is 152 Å². The van der Waals surface area contributed by atoms with Gasteiger partial charge in [-0.3, -0.25) is 0 Å². The molecular weight excluding hydrogens is 421 g/mol. The van der Waals surface area contributed by atoms with E-state index in [9.17, 15) is 0 Å². The van der Waals surface area contributed by atoms with Gasteiger partial charge >= 0.3 is 0 Å². The molecule has 1 heterocycles. The zero-order valence-corrected chi connectivity index (χ0v) is 15.9. The summed E-state index contributed by atoms with van der Waals surface area (Å²) in [6.07, 6.45) is -0.0195. The first-order chi connectivity index (χ1) is 9.65. The van der Waals surface area contributed by atoms with Gasteiger partial charge in [0.2, 0.25) is 0 Å². The van der Waals surface area contributed by atoms with E-state index in [-0.39, 0.29) is 30.1 Å². The molecule has 1 atom stereocenters. The number of ether oxygens (including phenoxy) is 1. The van der Waals surface area contributed by atoms with Gasteiger partial charge in [0.15, 0.2) is 5.96 Å². The quantitative estimate of drug-likeness (QED) is 0.443. The van der Waals surface area contributed by atoms with Gasteiger partial charge in [0, 0.05) is 29.6 Å². The van der Waals surface area contributed by atoms with Gasteiger partial charge in [-0.2, -0.15) is 11.8 Å². The third-order valence-corrected chi connectivity index (χ3v) is 4.19. The highest BCUT2D eigenvalue weighted by atomic mass is 127. The van der Waals surface area contributed by atoms with E-state index in [1.54, 1.807) is 0 Å². The van der Waals surface area contributed by atoms with E-state index in [0.717, 1.165) is 30.3 Å². The summed E-state index contributed by atoms with van der Waals surface area (Å²) < 4.78 is 5.76. The van der Waals surface area contributed by atoms with Crippen LogP contribution in [0.25, 0.3) is 0 Å². The Morgan fingerprint density at radius 3 is 2.62 bits per heavy atom. The number of guanidine groups is 1. The topological polar surface area (TPSA) is 50.8 Å². The zero-order chi connectivity index (χ0) is 14.4. The van der Waals surface area contributed by atoms with Crippen LogP contribution in [0.4, 0.5) is 0 Å². The molecule has 0 aromatic heterocycles. The number of hydrogen-bond acceptors (Lipinski definition) is 3. The molecule has 2 rings (SSSR count). The molecule has 1 aromatic carbocycles. The van der Waals surface area contributed by atoms with Crippen LogP contribution in [0.15, 0.2) is 29.3 Å². The minimum atomic E-state index is -0.0195. The Morgan fingerprint density at radius 2 is 2.00 bits per heavy atom. The summed E-state index contributed by atoms with van der Waals surface area (Å²) in [7, 11) is 0. The van der Waals surface area contributed by atoms with Gasteiger partial charge < -0.3 is 15.4 Å². The minimum Gasteiger partial charge on any atom is -0.489 e. The molecule has 0 bridgehead atoms. The number of rotatable bonds is 4. The summed E-state index contributed by atoms with van der Waals surface area (Å²) in [4.78, 5) is 6.55. The molecule has 2 N–H and O–H groups in total. The van der Waals surface area contributed by atoms with E-state index in [0.29, 0.717) is 17.5 Å². The van der Waals surface area contributed by atoms with E-state index >= 15 is 0 Å². The average molecular weight is 442 g/mol. The van der Waals surface area contributed by atoms with Crippen molar-refractivity contribution in [3.8, 4) is 5.75 Å². The summed E-state index contributed by atoms with van der Waals surface area (Å²) in [5.41, 5.74) is 6.00. The summed E-state index contributed by atoms with van der Waals surface area (Å²) in [6.45, 7) is 4.49. The smallest absolute Gasteiger partial charge is 0.191 e. The summed E-state index contributed by atoms with van der Waals surface area (Å²) >= 11 is 7.79. The number of aliphatic imine (C=N–C) groups is 1. The van der Waals surface area contributed by atoms with Crippen molar-refractivity contribution in [1.29, 1.82) is 0 Å². The van der Waals surface area contributed by atoms with Crippen LogP contribution in [0, 0.1) is 0 Å². The fraction of sp³-hybridized carbons (Fsp3) is 0.500. The first-order valence-corrected chi connectivity index (χ1v) is 8.23. The van der Waals surface area contributed by atoms with Crippen molar-refractivity contribution in [2.75, 3.05) is 31.1 Å². The molecule has 7 heteroatoms. The van der Waals surface area contributed by atoms with Crippen LogP contribution in [-0.2, 0) is 0 Å². The molecule has 0 radical (unpaired) electrons. The van der Waals surface area contributed by atoms with Crippen molar-refractivity contribution in [2.24, 2.45) is 10.7 Å². The first-order valence-electron chi connectivity index (χ1n) is 6.70. The number of thioether (sulfide) groups is 1. The molecule has 1 aliphatic rings. The third kappa shape index (κ3) is 6.52. The Hall–Kier alpha value is -0.340. The van der Waals surface area contributed by atoms with E-state index in [1.807, 2.05) is 43.0 Å². The second-order valence-electron chi connectivity index (χ2n) is 4.68. The average Bonchev–Trinajstić information content (AvgIpc) is 2.48. The maximum Gasteiger partial charge on any atom is 0.191 e. The lowest BCUT2D eigenvalue weighted by Crippen LogP contribution is -2.43. The SMILES string of the molecule is CC(CN=C(N)N1CCSCC1)Oc1ccc(Cl)cc1.I. The van der Waals surface area contributed by atoms with Crippen LogP contribution < -0.4 is 10.5 Å². The molecule has 21 heavy (non-hydrogen) atoms. The lowest BCUT2D eigenvalue weighted by Gasteiger charge is -2.27. The minimum absolute atomic E-state index is 0. The van der Waals surface area contributed by atoms with Crippen LogP contribution in [0.3, 0.4) is 0 Å². The van der Waals surface area contributed by atoms with Crippen LogP contribution in [0.2, 0.25) is 5.02 Å². The molecule has 0 saturated carbocycles. The Kier molecular flexibility index (Phi) is 8.58. The van der Waals surface area contributed by atoms with Gasteiger partial charge in [-0.15, -0.1) is 24.0 Å². The fourth-order valence-corrected chi connectivity index (χ4v) is 2.93. The van der Waals surface area contributed by atoms with Crippen LogP contribution in [-0.4, -0.2) is 48.1 Å². The van der Waals surface area contributed by atoms with Crippen molar-refractivity contribution < 1.29 is 4.74 Å². The Bertz CT molecular complexity index is 452. The van der Waals surface area contributed by atoms with E-state index < -0.39 is 0 Å². The number of benzene rings is 1. The molecule has 1 saturated heterocycles. The van der Waals surface area contributed by atoms with Gasteiger partial charge in [-0.05, 0) is 31.2 Å². The molecule has 1 unspecified atom stereocenters. The van der Waals surface area contributed by atoms with Crippen LogP contribution in [0.5, 0.6) is 5.75 Å². The standard InChI is InChI=1S/C14H20ClN3OS.HI/c1-11(19-13-4-2-12(15)3-5-13)10-17-14(16)18-6-8-20-9-7-18;/h2-5,11H,6-10H2,1H3,(H2,16,17);1H. The summed E-state index contributed by atoms with van der Waals surface area (Å²) in [5.74, 6) is 3.65. The van der Waals surface area contributed by atoms with Gasteiger partial charge in [0.05, 0.1) is 6.54 Å². The predicted octanol–water partition coefficient (Wildman–Crippen LogP) is 3.09. The largest absolute Gasteiger partial charge is 0.489 e. The normalized spacial score (nSPS) is 17.0. The van der Waals surface area contributed by atoms with E-state index in [4.69, 9.17) is 22.1 Å². The maximum absolute atomic E-state index is 6.00. The van der Waals surface area contributed by atoms with Crippen molar-refractivity contribution in [3.05, 3.63) is 29.3 Å². The first kappa shape index (κ1) is 18.7. The van der Waals surface area contributed by atoms with Gasteiger partial charge in [-0.1, -0.05) is 11.6 Å². The van der Waals surface area contributed by atoms with Gasteiger partial charge in [-0.25, -0.2) is 4.99 Å². The van der Waals surface area contributed by atoms with Gasteiger partial charge in [0.1, 0.15) is 11.9 Å². The molecule has 118 valence electrons. The molecule has 0 spiro atoms. The molecule has 1 aromatic rings. The van der Waals surface area contributed by atoms with Crippen molar-refractivity contribution in [1.82, 2.24) is 4.90 Å². The second-order valence-corrected chi connectivity index (χ2v) is 6.34. The summed E-state index contributed by atoms with van der Waals surface area (Å²) in [6, 6.07) is 7.33. The fourth-order valence-electron chi connectivity index (χ4n) is 1.90. The third-order valence-electron chi connectivity index (χ3n) is 3.00. The molecule has 1 fully saturated rings. The molecule has 0 amide bonds. The lowest BCUT2D eigenvalue weighted by atomic mass is 10.3. The monoisotopic (exact) mass is 441 g/mol. The van der Waals surface area contributed by atoms with Crippen molar-refractivity contribution >= 4 is 53.3 Å². The van der Waals surface area contributed by atoms with Crippen molar-refractivity contribution in [3.63, 3.8) is 0 Å². The Balaban J connectivity index is 0.00000220. The van der Waals surface area contributed by atoms with Gasteiger partial charge in [0.25, 0.3) is 0 Å². The van der Waals surface area contributed by atoms with Crippen molar-refractivity contribution in [2.45, 2.75) is 13.0 Å². The maximum atomic E-state index is 6.00. The van der Waals surface area contributed by atoms with Crippen LogP contribution in [0.1, 0.15) is 6.92 Å². The number of halogens is 2. The molecular formula is C14H21ClIN3OS. The number of nitrogens with zero attached hydrogens (tertiary/aromatic N) is 2. The second kappa shape index (κ2) is 9.63. The summed E-state index contributed by atoms with van der Waals surface area (Å²) in [5, 5.41) is 0.704. The van der Waals surface area contributed by atoms with Crippen LogP contribution >= 0.6 is 47.3 Å². The highest BCUT2D eigenvalue weighted by Crippen LogP contribution is 2.16. The number of hydrogen-bond donors (Lipinski definition) is 1. The lowest BCUT2D eigenvalue weighted by molar-refractivity contribution is 0.229. The number of nitrogens with two attached hydrogens (primary N) is 1. The Morgan fingerprint density at radius 1 is 1.38 bits per heavy atom. The molecule has 1 aliphatic heterocycles. The highest BCUT2D eigenvalue weighted by Gasteiger charge is 2.12. The van der Waals surface area contributed by atoms with E-state index in [2.05, 4.69) is 9.89 Å². The molecule has 4 nitrogen and oxygen atoms in total. The highest BCUT2D eigenvalue weighted by molar-refractivity contribution is 14.0.